The van der Waals surface area contributed by atoms with Crippen molar-refractivity contribution in [2.45, 2.75) is 39.3 Å². The van der Waals surface area contributed by atoms with Gasteiger partial charge >= 0.3 is 0 Å². The van der Waals surface area contributed by atoms with Gasteiger partial charge in [0.15, 0.2) is 0 Å². The smallest absolute Gasteiger partial charge is 0.133 e. The topological polar surface area (TPSA) is 36.4 Å². The highest BCUT2D eigenvalue weighted by molar-refractivity contribution is 5.18. The first-order valence-electron chi connectivity index (χ1n) is 6.05. The highest BCUT2D eigenvalue weighted by Crippen LogP contribution is 2.25. The SMILES string of the molecule is CC(C)C1CCCN1Cc1ccc(O)cn1. The van der Waals surface area contributed by atoms with Crippen LogP contribution in [0.15, 0.2) is 18.3 Å². The van der Waals surface area contributed by atoms with Gasteiger partial charge in [0, 0.05) is 12.6 Å². The number of likely N-dealkylation sites (tertiary alicyclic amines) is 1. The molecule has 0 radical (unpaired) electrons. The minimum absolute atomic E-state index is 0.241. The van der Waals surface area contributed by atoms with Crippen LogP contribution in [0.25, 0.3) is 0 Å². The third-order valence-electron chi connectivity index (χ3n) is 3.36. The molecule has 1 aromatic heterocycles. The van der Waals surface area contributed by atoms with E-state index in [1.54, 1.807) is 6.07 Å². The van der Waals surface area contributed by atoms with Crippen LogP contribution >= 0.6 is 0 Å². The molecule has 0 aliphatic carbocycles. The van der Waals surface area contributed by atoms with Gasteiger partial charge in [-0.15, -0.1) is 0 Å². The van der Waals surface area contributed by atoms with E-state index in [-0.39, 0.29) is 5.75 Å². The summed E-state index contributed by atoms with van der Waals surface area (Å²) in [5.74, 6) is 0.949. The maximum atomic E-state index is 9.18. The van der Waals surface area contributed by atoms with E-state index in [4.69, 9.17) is 0 Å². The molecule has 0 spiro atoms. The zero-order chi connectivity index (χ0) is 11.5. The molecule has 1 aromatic rings. The predicted octanol–water partition coefficient (Wildman–Crippen LogP) is 2.41. The van der Waals surface area contributed by atoms with Crippen molar-refractivity contribution in [2.75, 3.05) is 6.54 Å². The van der Waals surface area contributed by atoms with Crippen molar-refractivity contribution >= 4 is 0 Å². The molecule has 3 heteroatoms. The van der Waals surface area contributed by atoms with Crippen molar-refractivity contribution in [3.63, 3.8) is 0 Å². The lowest BCUT2D eigenvalue weighted by Gasteiger charge is -2.27. The molecule has 0 aromatic carbocycles. The monoisotopic (exact) mass is 220 g/mol. The summed E-state index contributed by atoms with van der Waals surface area (Å²) >= 11 is 0. The van der Waals surface area contributed by atoms with Crippen LogP contribution in [0.1, 0.15) is 32.4 Å². The van der Waals surface area contributed by atoms with Crippen LogP contribution in [-0.2, 0) is 6.54 Å². The molecule has 0 amide bonds. The van der Waals surface area contributed by atoms with Crippen molar-refractivity contribution in [1.29, 1.82) is 0 Å². The van der Waals surface area contributed by atoms with Gasteiger partial charge in [0.1, 0.15) is 5.75 Å². The highest BCUT2D eigenvalue weighted by Gasteiger charge is 2.26. The number of hydrogen-bond acceptors (Lipinski definition) is 3. The fourth-order valence-corrected chi connectivity index (χ4v) is 2.52. The number of hydrogen-bond donors (Lipinski definition) is 1. The van der Waals surface area contributed by atoms with Gasteiger partial charge in [0.05, 0.1) is 11.9 Å². The lowest BCUT2D eigenvalue weighted by atomic mass is 10.0. The molecular weight excluding hydrogens is 200 g/mol. The number of nitrogens with zero attached hydrogens (tertiary/aromatic N) is 2. The van der Waals surface area contributed by atoms with Crippen LogP contribution in [0, 0.1) is 5.92 Å². The third-order valence-corrected chi connectivity index (χ3v) is 3.36. The summed E-state index contributed by atoms with van der Waals surface area (Å²) in [7, 11) is 0. The molecule has 1 atom stereocenters. The van der Waals surface area contributed by atoms with Crippen molar-refractivity contribution in [3.05, 3.63) is 24.0 Å². The van der Waals surface area contributed by atoms with Crippen LogP contribution in [0.5, 0.6) is 5.75 Å². The second kappa shape index (κ2) is 4.83. The fourth-order valence-electron chi connectivity index (χ4n) is 2.52. The van der Waals surface area contributed by atoms with Crippen molar-refractivity contribution < 1.29 is 5.11 Å². The Morgan fingerprint density at radius 2 is 2.31 bits per heavy atom. The maximum absolute atomic E-state index is 9.18. The normalized spacial score (nSPS) is 21.8. The molecule has 1 saturated heterocycles. The summed E-state index contributed by atoms with van der Waals surface area (Å²) in [6.07, 6.45) is 4.12. The average molecular weight is 220 g/mol. The lowest BCUT2D eigenvalue weighted by Crippen LogP contribution is -2.33. The molecule has 16 heavy (non-hydrogen) atoms. The van der Waals surface area contributed by atoms with Gasteiger partial charge < -0.3 is 5.11 Å². The molecule has 0 bridgehead atoms. The van der Waals surface area contributed by atoms with E-state index in [9.17, 15) is 5.11 Å². The van der Waals surface area contributed by atoms with Gasteiger partial charge in [-0.1, -0.05) is 13.8 Å². The second-order valence-corrected chi connectivity index (χ2v) is 4.93. The number of pyridine rings is 1. The highest BCUT2D eigenvalue weighted by atomic mass is 16.3. The van der Waals surface area contributed by atoms with E-state index in [1.165, 1.54) is 25.6 Å². The van der Waals surface area contributed by atoms with E-state index >= 15 is 0 Å². The first-order chi connectivity index (χ1) is 7.66. The summed E-state index contributed by atoms with van der Waals surface area (Å²) < 4.78 is 0. The molecule has 2 rings (SSSR count). The van der Waals surface area contributed by atoms with Gasteiger partial charge in [-0.2, -0.15) is 0 Å². The fraction of sp³-hybridized carbons (Fsp3) is 0.615. The summed E-state index contributed by atoms with van der Waals surface area (Å²) in [4.78, 5) is 6.75. The standard InChI is InChI=1S/C13H20N2O/c1-10(2)13-4-3-7-15(13)9-11-5-6-12(16)8-14-11/h5-6,8,10,13,16H,3-4,7,9H2,1-2H3. The lowest BCUT2D eigenvalue weighted by molar-refractivity contribution is 0.196. The molecule has 1 unspecified atom stereocenters. The van der Waals surface area contributed by atoms with Crippen LogP contribution in [-0.4, -0.2) is 27.6 Å². The van der Waals surface area contributed by atoms with E-state index in [0.29, 0.717) is 12.0 Å². The Morgan fingerprint density at radius 1 is 1.50 bits per heavy atom. The van der Waals surface area contributed by atoms with Gasteiger partial charge in [-0.05, 0) is 37.4 Å². The molecule has 1 aliphatic heterocycles. The Balaban J connectivity index is 2.01. The minimum Gasteiger partial charge on any atom is -0.506 e. The van der Waals surface area contributed by atoms with E-state index < -0.39 is 0 Å². The third kappa shape index (κ3) is 2.53. The van der Waals surface area contributed by atoms with Gasteiger partial charge in [-0.25, -0.2) is 0 Å². The molecular formula is C13H20N2O. The van der Waals surface area contributed by atoms with Crippen molar-refractivity contribution in [3.8, 4) is 5.75 Å². The molecule has 2 heterocycles. The largest absolute Gasteiger partial charge is 0.506 e. The van der Waals surface area contributed by atoms with Crippen molar-refractivity contribution in [2.24, 2.45) is 5.92 Å². The quantitative estimate of drug-likeness (QED) is 0.849. The molecule has 0 saturated carbocycles. The summed E-state index contributed by atoms with van der Waals surface area (Å²) in [5, 5.41) is 9.18. The average Bonchev–Trinajstić information content (AvgIpc) is 2.69. The maximum Gasteiger partial charge on any atom is 0.133 e. The van der Waals surface area contributed by atoms with Crippen LogP contribution in [0.4, 0.5) is 0 Å². The second-order valence-electron chi connectivity index (χ2n) is 4.93. The molecule has 3 nitrogen and oxygen atoms in total. The van der Waals surface area contributed by atoms with E-state index in [1.807, 2.05) is 6.07 Å². The first kappa shape index (κ1) is 11.4. The zero-order valence-corrected chi connectivity index (χ0v) is 10.1. The van der Waals surface area contributed by atoms with Crippen LogP contribution < -0.4 is 0 Å². The van der Waals surface area contributed by atoms with Crippen molar-refractivity contribution in [1.82, 2.24) is 9.88 Å². The van der Waals surface area contributed by atoms with E-state index in [2.05, 4.69) is 23.7 Å². The number of rotatable bonds is 3. The zero-order valence-electron chi connectivity index (χ0n) is 10.1. The van der Waals surface area contributed by atoms with E-state index in [0.717, 1.165) is 12.2 Å². The Hall–Kier alpha value is -1.09. The molecule has 1 aliphatic rings. The molecule has 1 fully saturated rings. The molecule has 88 valence electrons. The van der Waals surface area contributed by atoms with Gasteiger partial charge in [-0.3, -0.25) is 9.88 Å². The Morgan fingerprint density at radius 3 is 2.94 bits per heavy atom. The van der Waals surface area contributed by atoms with Gasteiger partial charge in [0.2, 0.25) is 0 Å². The predicted molar refractivity (Wildman–Crippen MR) is 64.2 cm³/mol. The number of aromatic nitrogens is 1. The Kier molecular flexibility index (Phi) is 3.44. The van der Waals surface area contributed by atoms with Crippen LogP contribution in [0.3, 0.4) is 0 Å². The summed E-state index contributed by atoms with van der Waals surface area (Å²) in [6.45, 7) is 6.65. The van der Waals surface area contributed by atoms with Crippen LogP contribution in [0.2, 0.25) is 0 Å². The number of aromatic hydroxyl groups is 1. The molecule has 1 N–H and O–H groups in total. The van der Waals surface area contributed by atoms with Gasteiger partial charge in [0.25, 0.3) is 0 Å². The minimum atomic E-state index is 0.241. The first-order valence-corrected chi connectivity index (χ1v) is 6.05. The summed E-state index contributed by atoms with van der Waals surface area (Å²) in [6, 6.07) is 4.31. The summed E-state index contributed by atoms with van der Waals surface area (Å²) in [5.41, 5.74) is 1.05. The Labute approximate surface area is 97.1 Å². The Bertz CT molecular complexity index is 334.